The van der Waals surface area contributed by atoms with Crippen molar-refractivity contribution < 1.29 is 14.3 Å². The Bertz CT molecular complexity index is 1080. The van der Waals surface area contributed by atoms with Crippen molar-refractivity contribution >= 4 is 46.8 Å². The van der Waals surface area contributed by atoms with Gasteiger partial charge in [-0.3, -0.25) is 4.79 Å². The standard InChI is InChI=1S/C24H19Cl2NO3/c1-16-11-13-19(15-21(16)26)27-24(29)23(18-8-3-2-4-9-18)30-22(28)14-12-17-7-5-6-10-20(17)25/h2-15,23H,1H3,(H,27,29)/b14-12+/t23-/m0/s1. The second-order valence-electron chi connectivity index (χ2n) is 6.54. The molecule has 0 heterocycles. The third kappa shape index (κ3) is 5.72. The smallest absolute Gasteiger partial charge is 0.331 e. The average molecular weight is 440 g/mol. The largest absolute Gasteiger partial charge is 0.444 e. The van der Waals surface area contributed by atoms with Gasteiger partial charge in [0.25, 0.3) is 5.91 Å². The number of amides is 1. The first kappa shape index (κ1) is 21.6. The van der Waals surface area contributed by atoms with Gasteiger partial charge in [-0.25, -0.2) is 4.79 Å². The van der Waals surface area contributed by atoms with Gasteiger partial charge >= 0.3 is 5.97 Å². The number of halogens is 2. The van der Waals surface area contributed by atoms with Crippen LogP contribution in [0.25, 0.3) is 6.08 Å². The number of aryl methyl sites for hydroxylation is 1. The molecule has 1 N–H and O–H groups in total. The van der Waals surface area contributed by atoms with Gasteiger partial charge in [0.05, 0.1) is 0 Å². The molecule has 3 aromatic carbocycles. The molecule has 0 radical (unpaired) electrons. The highest BCUT2D eigenvalue weighted by Crippen LogP contribution is 2.24. The third-order valence-electron chi connectivity index (χ3n) is 4.32. The van der Waals surface area contributed by atoms with Crippen LogP contribution in [0.2, 0.25) is 10.0 Å². The van der Waals surface area contributed by atoms with E-state index in [1.54, 1.807) is 66.7 Å². The lowest BCUT2D eigenvalue weighted by molar-refractivity contribution is -0.149. The van der Waals surface area contributed by atoms with E-state index in [9.17, 15) is 9.59 Å². The van der Waals surface area contributed by atoms with Crippen LogP contribution in [0.5, 0.6) is 0 Å². The first-order chi connectivity index (χ1) is 14.4. The van der Waals surface area contributed by atoms with Crippen LogP contribution in [0, 0.1) is 6.92 Å². The van der Waals surface area contributed by atoms with Gasteiger partial charge in [-0.2, -0.15) is 0 Å². The molecule has 30 heavy (non-hydrogen) atoms. The van der Waals surface area contributed by atoms with Crippen molar-refractivity contribution in [3.05, 3.63) is 106 Å². The zero-order valence-corrected chi connectivity index (χ0v) is 17.7. The highest BCUT2D eigenvalue weighted by Gasteiger charge is 2.24. The van der Waals surface area contributed by atoms with Crippen LogP contribution in [-0.4, -0.2) is 11.9 Å². The van der Waals surface area contributed by atoms with Crippen molar-refractivity contribution in [3.8, 4) is 0 Å². The normalized spacial score (nSPS) is 11.8. The molecule has 3 aromatic rings. The van der Waals surface area contributed by atoms with E-state index in [1.807, 2.05) is 19.1 Å². The average Bonchev–Trinajstić information content (AvgIpc) is 2.74. The lowest BCUT2D eigenvalue weighted by Gasteiger charge is -2.17. The molecular formula is C24H19Cl2NO3. The SMILES string of the molecule is Cc1ccc(NC(=O)[C@@H](OC(=O)/C=C/c2ccccc2Cl)c2ccccc2)cc1Cl. The van der Waals surface area contributed by atoms with Crippen LogP contribution < -0.4 is 5.32 Å². The number of esters is 1. The molecule has 1 atom stereocenters. The summed E-state index contributed by atoms with van der Waals surface area (Å²) in [6, 6.07) is 21.1. The van der Waals surface area contributed by atoms with E-state index >= 15 is 0 Å². The number of nitrogens with one attached hydrogen (secondary N) is 1. The van der Waals surface area contributed by atoms with Gasteiger partial charge in [0.15, 0.2) is 0 Å². The quantitative estimate of drug-likeness (QED) is 0.365. The van der Waals surface area contributed by atoms with Crippen LogP contribution in [0.1, 0.15) is 22.8 Å². The minimum absolute atomic E-state index is 0.486. The number of rotatable bonds is 6. The molecule has 6 heteroatoms. The monoisotopic (exact) mass is 439 g/mol. The minimum Gasteiger partial charge on any atom is -0.444 e. The lowest BCUT2D eigenvalue weighted by atomic mass is 10.1. The number of carbonyl (C=O) groups is 2. The van der Waals surface area contributed by atoms with E-state index in [4.69, 9.17) is 27.9 Å². The molecule has 0 fully saturated rings. The van der Waals surface area contributed by atoms with E-state index < -0.39 is 18.0 Å². The highest BCUT2D eigenvalue weighted by molar-refractivity contribution is 6.32. The molecular weight excluding hydrogens is 421 g/mol. The molecule has 0 spiro atoms. The van der Waals surface area contributed by atoms with Gasteiger partial charge in [-0.15, -0.1) is 0 Å². The number of carbonyl (C=O) groups excluding carboxylic acids is 2. The lowest BCUT2D eigenvalue weighted by Crippen LogP contribution is -2.25. The van der Waals surface area contributed by atoms with Crippen LogP contribution >= 0.6 is 23.2 Å². The number of benzene rings is 3. The molecule has 152 valence electrons. The molecule has 0 bridgehead atoms. The van der Waals surface area contributed by atoms with Crippen molar-refractivity contribution in [1.29, 1.82) is 0 Å². The molecule has 0 aromatic heterocycles. The predicted molar refractivity (Wildman–Crippen MR) is 121 cm³/mol. The van der Waals surface area contributed by atoms with Crippen LogP contribution in [0.4, 0.5) is 5.69 Å². The van der Waals surface area contributed by atoms with Gasteiger partial charge in [0, 0.05) is 27.4 Å². The fourth-order valence-electron chi connectivity index (χ4n) is 2.70. The molecule has 0 saturated carbocycles. The molecule has 0 aliphatic heterocycles. The van der Waals surface area contributed by atoms with E-state index in [0.717, 1.165) is 5.56 Å². The third-order valence-corrected chi connectivity index (χ3v) is 5.07. The van der Waals surface area contributed by atoms with E-state index in [0.29, 0.717) is 26.9 Å². The van der Waals surface area contributed by atoms with Crippen LogP contribution in [0.3, 0.4) is 0 Å². The maximum atomic E-state index is 12.9. The van der Waals surface area contributed by atoms with E-state index in [2.05, 4.69) is 5.32 Å². The Morgan fingerprint density at radius 1 is 0.933 bits per heavy atom. The summed E-state index contributed by atoms with van der Waals surface area (Å²) in [7, 11) is 0. The first-order valence-electron chi connectivity index (χ1n) is 9.19. The summed E-state index contributed by atoms with van der Waals surface area (Å²) in [4.78, 5) is 25.3. The number of ether oxygens (including phenoxy) is 1. The molecule has 0 unspecified atom stereocenters. The van der Waals surface area contributed by atoms with Crippen molar-refractivity contribution in [3.63, 3.8) is 0 Å². The van der Waals surface area contributed by atoms with Crippen LogP contribution in [-0.2, 0) is 14.3 Å². The van der Waals surface area contributed by atoms with E-state index in [-0.39, 0.29) is 0 Å². The summed E-state index contributed by atoms with van der Waals surface area (Å²) in [5.41, 5.74) is 2.63. The number of anilines is 1. The summed E-state index contributed by atoms with van der Waals surface area (Å²) in [5, 5.41) is 3.79. The Morgan fingerprint density at radius 2 is 1.63 bits per heavy atom. The fraction of sp³-hybridized carbons (Fsp3) is 0.0833. The molecule has 3 rings (SSSR count). The van der Waals surface area contributed by atoms with Gasteiger partial charge in [-0.05, 0) is 42.3 Å². The summed E-state index contributed by atoms with van der Waals surface area (Å²) in [5.74, 6) is -1.15. The van der Waals surface area contributed by atoms with Gasteiger partial charge in [0.2, 0.25) is 6.10 Å². The van der Waals surface area contributed by atoms with Crippen molar-refractivity contribution in [2.45, 2.75) is 13.0 Å². The zero-order chi connectivity index (χ0) is 21.5. The Kier molecular flexibility index (Phi) is 7.28. The second kappa shape index (κ2) is 10.1. The van der Waals surface area contributed by atoms with Gasteiger partial charge < -0.3 is 10.1 Å². The number of hydrogen-bond donors (Lipinski definition) is 1. The summed E-state index contributed by atoms with van der Waals surface area (Å²) in [6.45, 7) is 1.87. The Hall–Kier alpha value is -3.08. The van der Waals surface area contributed by atoms with Gasteiger partial charge in [-0.1, -0.05) is 77.8 Å². The predicted octanol–water partition coefficient (Wildman–Crippen LogP) is 6.24. The van der Waals surface area contributed by atoms with Crippen molar-refractivity contribution in [2.75, 3.05) is 5.32 Å². The van der Waals surface area contributed by atoms with Crippen molar-refractivity contribution in [2.24, 2.45) is 0 Å². The Morgan fingerprint density at radius 3 is 2.33 bits per heavy atom. The zero-order valence-electron chi connectivity index (χ0n) is 16.1. The summed E-state index contributed by atoms with van der Waals surface area (Å²) in [6.07, 6.45) is 1.66. The maximum Gasteiger partial charge on any atom is 0.331 e. The maximum absolute atomic E-state index is 12.9. The summed E-state index contributed by atoms with van der Waals surface area (Å²) >= 11 is 12.2. The minimum atomic E-state index is -1.13. The molecule has 0 aliphatic rings. The Balaban J connectivity index is 1.78. The fourth-order valence-corrected chi connectivity index (χ4v) is 3.08. The van der Waals surface area contributed by atoms with Crippen molar-refractivity contribution in [1.82, 2.24) is 0 Å². The Labute approximate surface area is 185 Å². The molecule has 1 amide bonds. The first-order valence-corrected chi connectivity index (χ1v) is 9.95. The van der Waals surface area contributed by atoms with Crippen LogP contribution in [0.15, 0.2) is 78.9 Å². The second-order valence-corrected chi connectivity index (χ2v) is 7.35. The molecule has 4 nitrogen and oxygen atoms in total. The van der Waals surface area contributed by atoms with E-state index in [1.165, 1.54) is 6.08 Å². The van der Waals surface area contributed by atoms with Gasteiger partial charge in [0.1, 0.15) is 0 Å². The number of hydrogen-bond acceptors (Lipinski definition) is 3. The molecule has 0 saturated heterocycles. The molecule has 0 aliphatic carbocycles. The topological polar surface area (TPSA) is 55.4 Å². The highest BCUT2D eigenvalue weighted by atomic mass is 35.5. The summed E-state index contributed by atoms with van der Waals surface area (Å²) < 4.78 is 5.47.